The fraction of sp³-hybridized carbons (Fsp3) is 0.667. The molecule has 68 valence electrons. The summed E-state index contributed by atoms with van der Waals surface area (Å²) in [6.45, 7) is 4.71. The number of rotatable bonds is 3. The van der Waals surface area contributed by atoms with E-state index in [0.29, 0.717) is 6.42 Å². The quantitative estimate of drug-likeness (QED) is 0.596. The molecular formula is C9H15NO2. The van der Waals surface area contributed by atoms with Crippen LogP contribution in [0.5, 0.6) is 0 Å². The molecule has 0 spiro atoms. The van der Waals surface area contributed by atoms with Gasteiger partial charge in [-0.2, -0.15) is 0 Å². The summed E-state index contributed by atoms with van der Waals surface area (Å²) in [7, 11) is 0. The van der Waals surface area contributed by atoms with Gasteiger partial charge in [0.15, 0.2) is 0 Å². The van der Waals surface area contributed by atoms with Gasteiger partial charge in [0.2, 0.25) is 0 Å². The van der Waals surface area contributed by atoms with Crippen molar-refractivity contribution in [3.63, 3.8) is 0 Å². The second kappa shape index (κ2) is 4.13. The van der Waals surface area contributed by atoms with E-state index in [0.717, 1.165) is 0 Å². The summed E-state index contributed by atoms with van der Waals surface area (Å²) in [5.41, 5.74) is -1.36. The van der Waals surface area contributed by atoms with Crippen molar-refractivity contribution in [1.82, 2.24) is 5.32 Å². The van der Waals surface area contributed by atoms with Crippen molar-refractivity contribution >= 4 is 5.91 Å². The van der Waals surface area contributed by atoms with E-state index in [1.165, 1.54) is 13.8 Å². The topological polar surface area (TPSA) is 49.3 Å². The number of nitrogens with one attached hydrogen (secondary N) is 1. The molecule has 0 aliphatic rings. The molecule has 0 aliphatic heterocycles. The van der Waals surface area contributed by atoms with Crippen molar-refractivity contribution in [3.8, 4) is 12.3 Å². The minimum absolute atomic E-state index is 0.288. The van der Waals surface area contributed by atoms with Gasteiger partial charge in [-0.05, 0) is 20.3 Å². The molecule has 0 bridgehead atoms. The SMILES string of the molecule is C#CC(CC)NC(=O)C(C)(C)O. The first-order valence-corrected chi connectivity index (χ1v) is 3.91. The van der Waals surface area contributed by atoms with E-state index in [2.05, 4.69) is 11.2 Å². The molecule has 1 unspecified atom stereocenters. The lowest BCUT2D eigenvalue weighted by molar-refractivity contribution is -0.136. The summed E-state index contributed by atoms with van der Waals surface area (Å²) in [5.74, 6) is 1.97. The van der Waals surface area contributed by atoms with Gasteiger partial charge in [0, 0.05) is 0 Å². The van der Waals surface area contributed by atoms with Crippen LogP contribution in [0.25, 0.3) is 0 Å². The third-order valence-electron chi connectivity index (χ3n) is 1.47. The maximum atomic E-state index is 11.1. The van der Waals surface area contributed by atoms with E-state index < -0.39 is 11.5 Å². The first-order chi connectivity index (χ1) is 5.41. The zero-order valence-corrected chi connectivity index (χ0v) is 7.72. The van der Waals surface area contributed by atoms with Crippen LogP contribution in [-0.4, -0.2) is 22.7 Å². The van der Waals surface area contributed by atoms with E-state index in [1.807, 2.05) is 6.92 Å². The number of hydrogen-bond acceptors (Lipinski definition) is 2. The Labute approximate surface area is 73.2 Å². The van der Waals surface area contributed by atoms with Crippen LogP contribution in [-0.2, 0) is 4.79 Å². The highest BCUT2D eigenvalue weighted by atomic mass is 16.3. The zero-order valence-electron chi connectivity index (χ0n) is 7.72. The summed E-state index contributed by atoms with van der Waals surface area (Å²) in [4.78, 5) is 11.1. The molecule has 3 heteroatoms. The number of amides is 1. The predicted octanol–water partition coefficient (Wildman–Crippen LogP) is 0.285. The molecule has 2 N–H and O–H groups in total. The van der Waals surface area contributed by atoms with Crippen molar-refractivity contribution in [3.05, 3.63) is 0 Å². The van der Waals surface area contributed by atoms with E-state index in [9.17, 15) is 9.90 Å². The molecule has 0 saturated carbocycles. The molecule has 1 amide bonds. The van der Waals surface area contributed by atoms with Crippen molar-refractivity contribution in [2.45, 2.75) is 38.8 Å². The maximum Gasteiger partial charge on any atom is 0.252 e. The Hall–Kier alpha value is -1.01. The van der Waals surface area contributed by atoms with Gasteiger partial charge < -0.3 is 10.4 Å². The number of carbonyl (C=O) groups excluding carboxylic acids is 1. The highest BCUT2D eigenvalue weighted by Gasteiger charge is 2.24. The van der Waals surface area contributed by atoms with E-state index in [4.69, 9.17) is 6.42 Å². The van der Waals surface area contributed by atoms with Crippen LogP contribution < -0.4 is 5.32 Å². The van der Waals surface area contributed by atoms with Crippen LogP contribution in [0.15, 0.2) is 0 Å². The molecule has 0 aromatic heterocycles. The van der Waals surface area contributed by atoms with Gasteiger partial charge in [-0.1, -0.05) is 12.8 Å². The Morgan fingerprint density at radius 3 is 2.50 bits per heavy atom. The van der Waals surface area contributed by atoms with Crippen LogP contribution in [0.4, 0.5) is 0 Å². The molecule has 12 heavy (non-hydrogen) atoms. The highest BCUT2D eigenvalue weighted by molar-refractivity contribution is 5.84. The monoisotopic (exact) mass is 169 g/mol. The molecule has 0 heterocycles. The third-order valence-corrected chi connectivity index (χ3v) is 1.47. The van der Waals surface area contributed by atoms with Gasteiger partial charge in [-0.15, -0.1) is 6.42 Å². The Morgan fingerprint density at radius 2 is 2.25 bits per heavy atom. The van der Waals surface area contributed by atoms with Crippen LogP contribution >= 0.6 is 0 Å². The fourth-order valence-electron chi connectivity index (χ4n) is 0.596. The molecular weight excluding hydrogens is 154 g/mol. The van der Waals surface area contributed by atoms with Gasteiger partial charge in [-0.25, -0.2) is 0 Å². The van der Waals surface area contributed by atoms with E-state index in [1.54, 1.807) is 0 Å². The summed E-state index contributed by atoms with van der Waals surface area (Å²) < 4.78 is 0. The van der Waals surface area contributed by atoms with Crippen molar-refractivity contribution < 1.29 is 9.90 Å². The largest absolute Gasteiger partial charge is 0.381 e. The lowest BCUT2D eigenvalue weighted by Crippen LogP contribution is -2.46. The predicted molar refractivity (Wildman–Crippen MR) is 47.4 cm³/mol. The second-order valence-corrected chi connectivity index (χ2v) is 3.16. The number of hydrogen-bond donors (Lipinski definition) is 2. The van der Waals surface area contributed by atoms with Crippen molar-refractivity contribution in [2.24, 2.45) is 0 Å². The average molecular weight is 169 g/mol. The first kappa shape index (κ1) is 11.0. The Morgan fingerprint density at radius 1 is 1.75 bits per heavy atom. The van der Waals surface area contributed by atoms with Gasteiger partial charge in [-0.3, -0.25) is 4.79 Å². The normalized spacial score (nSPS) is 13.2. The highest BCUT2D eigenvalue weighted by Crippen LogP contribution is 2.01. The Bertz CT molecular complexity index is 198. The summed E-state index contributed by atoms with van der Waals surface area (Å²) in [5, 5.41) is 11.8. The van der Waals surface area contributed by atoms with Crippen LogP contribution in [0.1, 0.15) is 27.2 Å². The molecule has 0 aromatic carbocycles. The summed E-state index contributed by atoms with van der Waals surface area (Å²) in [6, 6.07) is -0.288. The van der Waals surface area contributed by atoms with Gasteiger partial charge in [0.1, 0.15) is 5.60 Å². The summed E-state index contributed by atoms with van der Waals surface area (Å²) >= 11 is 0. The third kappa shape index (κ3) is 3.40. The molecule has 3 nitrogen and oxygen atoms in total. The summed E-state index contributed by atoms with van der Waals surface area (Å²) in [6.07, 6.45) is 5.79. The number of terminal acetylenes is 1. The molecule has 0 saturated heterocycles. The standard InChI is InChI=1S/C9H15NO2/c1-5-7(6-2)10-8(11)9(3,4)12/h1,7,12H,6H2,2-4H3,(H,10,11). The minimum Gasteiger partial charge on any atom is -0.381 e. The number of carbonyl (C=O) groups is 1. The lowest BCUT2D eigenvalue weighted by Gasteiger charge is -2.19. The molecule has 0 rings (SSSR count). The minimum atomic E-state index is -1.36. The maximum absolute atomic E-state index is 11.1. The number of aliphatic hydroxyl groups is 1. The lowest BCUT2D eigenvalue weighted by atomic mass is 10.1. The van der Waals surface area contributed by atoms with Crippen molar-refractivity contribution in [2.75, 3.05) is 0 Å². The molecule has 0 fully saturated rings. The van der Waals surface area contributed by atoms with Crippen LogP contribution in [0, 0.1) is 12.3 Å². The molecule has 1 atom stereocenters. The van der Waals surface area contributed by atoms with Gasteiger partial charge >= 0.3 is 0 Å². The average Bonchev–Trinajstić information content (AvgIpc) is 1.97. The molecule has 0 radical (unpaired) electrons. The van der Waals surface area contributed by atoms with Crippen molar-refractivity contribution in [1.29, 1.82) is 0 Å². The van der Waals surface area contributed by atoms with Crippen LogP contribution in [0.2, 0.25) is 0 Å². The van der Waals surface area contributed by atoms with Gasteiger partial charge in [0.05, 0.1) is 6.04 Å². The van der Waals surface area contributed by atoms with E-state index >= 15 is 0 Å². The molecule has 0 aromatic rings. The zero-order chi connectivity index (χ0) is 9.78. The Kier molecular flexibility index (Phi) is 3.78. The Balaban J connectivity index is 4.11. The van der Waals surface area contributed by atoms with Gasteiger partial charge in [0.25, 0.3) is 5.91 Å². The molecule has 0 aliphatic carbocycles. The second-order valence-electron chi connectivity index (χ2n) is 3.16. The van der Waals surface area contributed by atoms with Crippen LogP contribution in [0.3, 0.4) is 0 Å². The van der Waals surface area contributed by atoms with E-state index in [-0.39, 0.29) is 6.04 Å². The smallest absolute Gasteiger partial charge is 0.252 e. The fourth-order valence-corrected chi connectivity index (χ4v) is 0.596. The first-order valence-electron chi connectivity index (χ1n) is 3.91.